The van der Waals surface area contributed by atoms with Crippen LogP contribution in [0.1, 0.15) is 16.7 Å². The second kappa shape index (κ2) is 8.39. The third kappa shape index (κ3) is 4.87. The molecule has 2 rings (SSSR count). The molecule has 132 valence electrons. The summed E-state index contributed by atoms with van der Waals surface area (Å²) in [6, 6.07) is 8.72. The van der Waals surface area contributed by atoms with Crippen molar-refractivity contribution in [2.75, 3.05) is 13.7 Å². The molecule has 2 N–H and O–H groups in total. The topological polar surface area (TPSA) is 80.2 Å². The summed E-state index contributed by atoms with van der Waals surface area (Å²) in [5, 5.41) is 14.2. The van der Waals surface area contributed by atoms with Crippen LogP contribution in [0.25, 0.3) is 0 Å². The summed E-state index contributed by atoms with van der Waals surface area (Å²) in [5.74, 6) is 0.363. The fraction of sp³-hybridized carbons (Fsp3) is 0.222. The summed E-state index contributed by atoms with van der Waals surface area (Å²) in [6.45, 7) is 3.65. The third-order valence-electron chi connectivity index (χ3n) is 3.44. The lowest BCUT2D eigenvalue weighted by Crippen LogP contribution is -2.25. The van der Waals surface area contributed by atoms with E-state index in [2.05, 4.69) is 10.5 Å². The number of aryl methyl sites for hydroxylation is 2. The molecule has 25 heavy (non-hydrogen) atoms. The minimum Gasteiger partial charge on any atom is -0.504 e. The lowest BCUT2D eigenvalue weighted by Gasteiger charge is -2.10. The number of benzene rings is 2. The van der Waals surface area contributed by atoms with Gasteiger partial charge >= 0.3 is 0 Å². The van der Waals surface area contributed by atoms with Crippen LogP contribution >= 0.6 is 11.6 Å². The number of ether oxygens (including phenoxy) is 2. The molecule has 0 aromatic heterocycles. The van der Waals surface area contributed by atoms with Gasteiger partial charge in [0.1, 0.15) is 5.75 Å². The number of nitrogens with one attached hydrogen (secondary N) is 1. The number of para-hydroxylation sites is 1. The maximum Gasteiger partial charge on any atom is 0.277 e. The fourth-order valence-corrected chi connectivity index (χ4v) is 2.44. The van der Waals surface area contributed by atoms with Gasteiger partial charge in [0.2, 0.25) is 0 Å². The molecule has 0 aliphatic carbocycles. The number of aromatic hydroxyl groups is 1. The minimum atomic E-state index is -0.424. The molecule has 0 saturated heterocycles. The molecule has 0 bridgehead atoms. The van der Waals surface area contributed by atoms with Gasteiger partial charge in [-0.25, -0.2) is 5.43 Å². The first kappa shape index (κ1) is 18.6. The van der Waals surface area contributed by atoms with E-state index in [1.807, 2.05) is 32.0 Å². The van der Waals surface area contributed by atoms with Gasteiger partial charge in [-0.2, -0.15) is 5.10 Å². The number of methoxy groups -OCH3 is 1. The van der Waals surface area contributed by atoms with Crippen molar-refractivity contribution in [3.05, 3.63) is 52.0 Å². The highest BCUT2D eigenvalue weighted by molar-refractivity contribution is 6.31. The third-order valence-corrected chi connectivity index (χ3v) is 3.66. The number of rotatable bonds is 6. The van der Waals surface area contributed by atoms with Crippen molar-refractivity contribution >= 4 is 23.7 Å². The summed E-state index contributed by atoms with van der Waals surface area (Å²) in [7, 11) is 1.42. The van der Waals surface area contributed by atoms with Gasteiger partial charge in [0.05, 0.1) is 13.3 Å². The van der Waals surface area contributed by atoms with Crippen molar-refractivity contribution < 1.29 is 19.4 Å². The first-order chi connectivity index (χ1) is 11.9. The van der Waals surface area contributed by atoms with E-state index in [1.165, 1.54) is 25.5 Å². The molecule has 0 unspecified atom stereocenters. The molecule has 0 spiro atoms. The van der Waals surface area contributed by atoms with Crippen molar-refractivity contribution in [1.29, 1.82) is 0 Å². The first-order valence-corrected chi connectivity index (χ1v) is 7.87. The molecule has 0 heterocycles. The zero-order valence-corrected chi connectivity index (χ0v) is 14.9. The molecule has 6 nitrogen and oxygen atoms in total. The van der Waals surface area contributed by atoms with E-state index in [4.69, 9.17) is 21.1 Å². The molecule has 1 amide bonds. The van der Waals surface area contributed by atoms with Gasteiger partial charge in [-0.1, -0.05) is 29.8 Å². The summed E-state index contributed by atoms with van der Waals surface area (Å²) in [5.41, 5.74) is 4.56. The number of amides is 1. The Kier molecular flexibility index (Phi) is 6.25. The van der Waals surface area contributed by atoms with Crippen LogP contribution in [0.3, 0.4) is 0 Å². The Labute approximate surface area is 151 Å². The van der Waals surface area contributed by atoms with Gasteiger partial charge in [-0.3, -0.25) is 4.79 Å². The maximum atomic E-state index is 11.8. The van der Waals surface area contributed by atoms with Crippen molar-refractivity contribution in [2.24, 2.45) is 5.10 Å². The van der Waals surface area contributed by atoms with Crippen LogP contribution in [0.2, 0.25) is 5.02 Å². The zero-order valence-electron chi connectivity index (χ0n) is 14.2. The number of phenols is 1. The lowest BCUT2D eigenvalue weighted by molar-refractivity contribution is -0.123. The van der Waals surface area contributed by atoms with E-state index in [9.17, 15) is 9.90 Å². The van der Waals surface area contributed by atoms with Gasteiger partial charge < -0.3 is 14.6 Å². The Morgan fingerprint density at radius 1 is 1.32 bits per heavy atom. The number of hydrogen-bond donors (Lipinski definition) is 2. The van der Waals surface area contributed by atoms with Crippen molar-refractivity contribution in [3.63, 3.8) is 0 Å². The molecule has 0 radical (unpaired) electrons. The zero-order chi connectivity index (χ0) is 18.4. The van der Waals surface area contributed by atoms with Crippen molar-refractivity contribution in [3.8, 4) is 17.2 Å². The van der Waals surface area contributed by atoms with E-state index in [0.717, 1.165) is 11.1 Å². The summed E-state index contributed by atoms with van der Waals surface area (Å²) in [6.07, 6.45) is 1.28. The highest BCUT2D eigenvalue weighted by Crippen LogP contribution is 2.32. The molecule has 7 heteroatoms. The normalized spacial score (nSPS) is 10.7. The number of phenolic OH excluding ortho intramolecular Hbond substituents is 1. The monoisotopic (exact) mass is 362 g/mol. The predicted molar refractivity (Wildman–Crippen MR) is 96.8 cm³/mol. The molecule has 0 fully saturated rings. The van der Waals surface area contributed by atoms with E-state index in [-0.39, 0.29) is 18.1 Å². The van der Waals surface area contributed by atoms with E-state index < -0.39 is 5.91 Å². The van der Waals surface area contributed by atoms with E-state index >= 15 is 0 Å². The Balaban J connectivity index is 1.96. The number of hydrogen-bond acceptors (Lipinski definition) is 5. The molecule has 0 saturated carbocycles. The van der Waals surface area contributed by atoms with Crippen LogP contribution in [0.15, 0.2) is 35.4 Å². The largest absolute Gasteiger partial charge is 0.504 e. The number of halogens is 1. The maximum absolute atomic E-state index is 11.8. The standard InChI is InChI=1S/C18H19ClN2O4/c1-11-5-4-6-12(2)18(11)25-10-16(22)21-20-9-13-7-14(19)8-15(24-3)17(13)23/h4-9,23H,10H2,1-3H3,(H,21,22). The summed E-state index contributed by atoms with van der Waals surface area (Å²) < 4.78 is 10.5. The smallest absolute Gasteiger partial charge is 0.277 e. The average Bonchev–Trinajstić information content (AvgIpc) is 2.57. The van der Waals surface area contributed by atoms with Crippen LogP contribution < -0.4 is 14.9 Å². The molecule has 0 atom stereocenters. The van der Waals surface area contributed by atoms with Gasteiger partial charge in [0, 0.05) is 16.7 Å². The van der Waals surface area contributed by atoms with Crippen LogP contribution in [0.4, 0.5) is 0 Å². The van der Waals surface area contributed by atoms with Crippen LogP contribution in [0.5, 0.6) is 17.2 Å². The predicted octanol–water partition coefficient (Wildman–Crippen LogP) is 3.20. The molecule has 2 aromatic carbocycles. The van der Waals surface area contributed by atoms with Gasteiger partial charge in [0.15, 0.2) is 18.1 Å². The number of nitrogens with zero attached hydrogens (tertiary/aromatic N) is 1. The van der Waals surface area contributed by atoms with Crippen LogP contribution in [-0.2, 0) is 4.79 Å². The van der Waals surface area contributed by atoms with Crippen molar-refractivity contribution in [2.45, 2.75) is 13.8 Å². The summed E-state index contributed by atoms with van der Waals surface area (Å²) in [4.78, 5) is 11.8. The number of hydrazone groups is 1. The molecule has 0 aliphatic rings. The van der Waals surface area contributed by atoms with E-state index in [0.29, 0.717) is 16.3 Å². The van der Waals surface area contributed by atoms with Crippen LogP contribution in [-0.4, -0.2) is 30.9 Å². The van der Waals surface area contributed by atoms with Gasteiger partial charge in [-0.15, -0.1) is 0 Å². The van der Waals surface area contributed by atoms with Gasteiger partial charge in [-0.05, 0) is 31.0 Å². The lowest BCUT2D eigenvalue weighted by atomic mass is 10.1. The average molecular weight is 363 g/mol. The minimum absolute atomic E-state index is 0.114. The van der Waals surface area contributed by atoms with Crippen molar-refractivity contribution in [1.82, 2.24) is 5.43 Å². The van der Waals surface area contributed by atoms with E-state index in [1.54, 1.807) is 0 Å². The first-order valence-electron chi connectivity index (χ1n) is 7.49. The Morgan fingerprint density at radius 3 is 2.64 bits per heavy atom. The second-order valence-electron chi connectivity index (χ2n) is 5.35. The Bertz CT molecular complexity index is 786. The Morgan fingerprint density at radius 2 is 2.00 bits per heavy atom. The van der Waals surface area contributed by atoms with Gasteiger partial charge in [0.25, 0.3) is 5.91 Å². The number of carbonyl (C=O) groups excluding carboxylic acids is 1. The second-order valence-corrected chi connectivity index (χ2v) is 5.79. The highest BCUT2D eigenvalue weighted by Gasteiger charge is 2.09. The quantitative estimate of drug-likeness (QED) is 0.611. The highest BCUT2D eigenvalue weighted by atomic mass is 35.5. The molecule has 0 aliphatic heterocycles. The number of carbonyl (C=O) groups is 1. The Hall–Kier alpha value is -2.73. The van der Waals surface area contributed by atoms with Crippen LogP contribution in [0, 0.1) is 13.8 Å². The summed E-state index contributed by atoms with van der Waals surface area (Å²) >= 11 is 5.93. The SMILES string of the molecule is COc1cc(Cl)cc(C=NNC(=O)COc2c(C)cccc2C)c1O. The molecular weight excluding hydrogens is 344 g/mol. The molecule has 2 aromatic rings. The fourth-order valence-electron chi connectivity index (χ4n) is 2.22. The molecular formula is C18H19ClN2O4.